The monoisotopic (exact) mass is 332 g/mol. The predicted octanol–water partition coefficient (Wildman–Crippen LogP) is 4.70. The minimum absolute atomic E-state index is 0.0617. The van der Waals surface area contributed by atoms with Crippen LogP contribution in [0.5, 0.6) is 5.75 Å². The summed E-state index contributed by atoms with van der Waals surface area (Å²) in [5.74, 6) is -0.0627. The van der Waals surface area contributed by atoms with Crippen molar-refractivity contribution in [2.75, 3.05) is 0 Å². The standard InChI is InChI=1S/C21H16O4/c1-15-4-9-17(10-5-15)19(22)13-8-16-6-11-18(12-7-16)25-21(23)20-3-2-14-24-20/h2-14H,1H3. The Kier molecular flexibility index (Phi) is 4.90. The summed E-state index contributed by atoms with van der Waals surface area (Å²) in [5, 5.41) is 0. The van der Waals surface area contributed by atoms with Gasteiger partial charge in [-0.05, 0) is 42.8 Å². The van der Waals surface area contributed by atoms with Gasteiger partial charge in [0.25, 0.3) is 0 Å². The molecule has 0 amide bonds. The van der Waals surface area contributed by atoms with Crippen molar-refractivity contribution in [2.45, 2.75) is 6.92 Å². The van der Waals surface area contributed by atoms with Crippen LogP contribution in [0.2, 0.25) is 0 Å². The molecule has 0 radical (unpaired) electrons. The number of benzene rings is 2. The summed E-state index contributed by atoms with van der Waals surface area (Å²) in [4.78, 5) is 23.9. The summed E-state index contributed by atoms with van der Waals surface area (Å²) in [6.45, 7) is 1.98. The third-order valence-corrected chi connectivity index (χ3v) is 3.58. The predicted molar refractivity (Wildman–Crippen MR) is 94.7 cm³/mol. The van der Waals surface area contributed by atoms with Gasteiger partial charge in [0, 0.05) is 5.56 Å². The fourth-order valence-electron chi connectivity index (χ4n) is 2.18. The van der Waals surface area contributed by atoms with E-state index in [0.717, 1.165) is 11.1 Å². The maximum atomic E-state index is 12.1. The van der Waals surface area contributed by atoms with Crippen molar-refractivity contribution < 1.29 is 18.7 Å². The van der Waals surface area contributed by atoms with E-state index in [0.29, 0.717) is 11.3 Å². The van der Waals surface area contributed by atoms with Crippen molar-refractivity contribution >= 4 is 17.8 Å². The Bertz CT molecular complexity index is 886. The number of ether oxygens (including phenoxy) is 1. The molecule has 0 saturated carbocycles. The van der Waals surface area contributed by atoms with Crippen LogP contribution in [0.3, 0.4) is 0 Å². The Labute approximate surface area is 145 Å². The summed E-state index contributed by atoms with van der Waals surface area (Å²) < 4.78 is 10.2. The van der Waals surface area contributed by atoms with Crippen LogP contribution in [0.15, 0.2) is 77.4 Å². The zero-order valence-corrected chi connectivity index (χ0v) is 13.6. The molecule has 0 bridgehead atoms. The van der Waals surface area contributed by atoms with Gasteiger partial charge in [-0.2, -0.15) is 0 Å². The fraction of sp³-hybridized carbons (Fsp3) is 0.0476. The van der Waals surface area contributed by atoms with E-state index < -0.39 is 5.97 Å². The second-order valence-electron chi connectivity index (χ2n) is 5.50. The van der Waals surface area contributed by atoms with Crippen LogP contribution in [0.4, 0.5) is 0 Å². The number of hydrogen-bond donors (Lipinski definition) is 0. The van der Waals surface area contributed by atoms with E-state index in [1.165, 1.54) is 18.4 Å². The first-order valence-electron chi connectivity index (χ1n) is 7.77. The van der Waals surface area contributed by atoms with Crippen molar-refractivity contribution in [2.24, 2.45) is 0 Å². The number of furan rings is 1. The highest BCUT2D eigenvalue weighted by molar-refractivity contribution is 6.06. The smallest absolute Gasteiger partial charge is 0.379 e. The normalized spacial score (nSPS) is 10.8. The van der Waals surface area contributed by atoms with Crippen LogP contribution in [-0.2, 0) is 0 Å². The molecular formula is C21H16O4. The Morgan fingerprint density at radius 2 is 1.68 bits per heavy atom. The number of carbonyl (C=O) groups is 2. The Morgan fingerprint density at radius 3 is 2.32 bits per heavy atom. The van der Waals surface area contributed by atoms with E-state index >= 15 is 0 Å². The number of allylic oxidation sites excluding steroid dienone is 1. The van der Waals surface area contributed by atoms with Gasteiger partial charge in [-0.3, -0.25) is 4.79 Å². The van der Waals surface area contributed by atoms with E-state index in [4.69, 9.17) is 9.15 Å². The number of aryl methyl sites for hydroxylation is 1. The molecule has 4 heteroatoms. The van der Waals surface area contributed by atoms with Gasteiger partial charge in [-0.15, -0.1) is 0 Å². The van der Waals surface area contributed by atoms with Crippen LogP contribution in [0.25, 0.3) is 6.08 Å². The molecule has 0 N–H and O–H groups in total. The average molecular weight is 332 g/mol. The molecule has 0 aliphatic rings. The van der Waals surface area contributed by atoms with E-state index in [9.17, 15) is 9.59 Å². The van der Waals surface area contributed by atoms with Gasteiger partial charge >= 0.3 is 5.97 Å². The second kappa shape index (κ2) is 7.45. The summed E-state index contributed by atoms with van der Waals surface area (Å²) in [5.41, 5.74) is 2.59. The van der Waals surface area contributed by atoms with Crippen molar-refractivity contribution in [1.82, 2.24) is 0 Å². The average Bonchev–Trinajstić information content (AvgIpc) is 3.16. The molecule has 0 unspecified atom stereocenters. The molecule has 0 spiro atoms. The largest absolute Gasteiger partial charge is 0.457 e. The molecule has 124 valence electrons. The lowest BCUT2D eigenvalue weighted by molar-refractivity contribution is 0.0701. The van der Waals surface area contributed by atoms with E-state index in [-0.39, 0.29) is 11.5 Å². The van der Waals surface area contributed by atoms with Gasteiger partial charge in [0.2, 0.25) is 5.76 Å². The minimum atomic E-state index is -0.553. The molecule has 3 rings (SSSR count). The van der Waals surface area contributed by atoms with Gasteiger partial charge in [0.05, 0.1) is 6.26 Å². The van der Waals surface area contributed by atoms with Crippen LogP contribution in [0.1, 0.15) is 32.0 Å². The maximum Gasteiger partial charge on any atom is 0.379 e. The maximum absolute atomic E-state index is 12.1. The topological polar surface area (TPSA) is 56.5 Å². The Hall–Kier alpha value is -3.40. The zero-order chi connectivity index (χ0) is 17.6. The highest BCUT2D eigenvalue weighted by atomic mass is 16.5. The Morgan fingerprint density at radius 1 is 0.960 bits per heavy atom. The van der Waals surface area contributed by atoms with E-state index in [1.54, 1.807) is 48.5 Å². The summed E-state index contributed by atoms with van der Waals surface area (Å²) in [6.07, 6.45) is 4.66. The molecular weight excluding hydrogens is 316 g/mol. The van der Waals surface area contributed by atoms with E-state index in [1.807, 2.05) is 19.1 Å². The third-order valence-electron chi connectivity index (χ3n) is 3.58. The van der Waals surface area contributed by atoms with Crippen molar-refractivity contribution in [3.8, 4) is 5.75 Å². The summed E-state index contributed by atoms with van der Waals surface area (Å²) >= 11 is 0. The summed E-state index contributed by atoms with van der Waals surface area (Å²) in [6, 6.07) is 17.4. The van der Waals surface area contributed by atoms with Crippen LogP contribution in [0, 0.1) is 6.92 Å². The number of hydrogen-bond acceptors (Lipinski definition) is 4. The van der Waals surface area contributed by atoms with Gasteiger partial charge in [-0.1, -0.05) is 48.0 Å². The van der Waals surface area contributed by atoms with Crippen molar-refractivity contribution in [3.63, 3.8) is 0 Å². The molecule has 25 heavy (non-hydrogen) atoms. The van der Waals surface area contributed by atoms with Crippen LogP contribution < -0.4 is 4.74 Å². The molecule has 3 aromatic rings. The summed E-state index contributed by atoms with van der Waals surface area (Å²) in [7, 11) is 0. The molecule has 1 heterocycles. The highest BCUT2D eigenvalue weighted by Crippen LogP contribution is 2.16. The minimum Gasteiger partial charge on any atom is -0.457 e. The Balaban J connectivity index is 1.63. The number of carbonyl (C=O) groups excluding carboxylic acids is 2. The first-order chi connectivity index (χ1) is 12.1. The molecule has 0 saturated heterocycles. The molecule has 1 aromatic heterocycles. The number of ketones is 1. The lowest BCUT2D eigenvalue weighted by atomic mass is 10.1. The first-order valence-corrected chi connectivity index (χ1v) is 7.77. The highest BCUT2D eigenvalue weighted by Gasteiger charge is 2.10. The third kappa shape index (κ3) is 4.32. The number of esters is 1. The van der Waals surface area contributed by atoms with E-state index in [2.05, 4.69) is 0 Å². The zero-order valence-electron chi connectivity index (χ0n) is 13.6. The molecule has 0 atom stereocenters. The first kappa shape index (κ1) is 16.5. The lowest BCUT2D eigenvalue weighted by Crippen LogP contribution is -2.06. The van der Waals surface area contributed by atoms with Gasteiger partial charge < -0.3 is 9.15 Å². The van der Waals surface area contributed by atoms with Crippen molar-refractivity contribution in [3.05, 3.63) is 95.5 Å². The second-order valence-corrected chi connectivity index (χ2v) is 5.50. The molecule has 0 aliphatic carbocycles. The van der Waals surface area contributed by atoms with Gasteiger partial charge in [-0.25, -0.2) is 4.79 Å². The SMILES string of the molecule is Cc1ccc(C(=O)C=Cc2ccc(OC(=O)c3ccco3)cc2)cc1. The lowest BCUT2D eigenvalue weighted by Gasteiger charge is -2.02. The van der Waals surface area contributed by atoms with Crippen molar-refractivity contribution in [1.29, 1.82) is 0 Å². The molecule has 0 aliphatic heterocycles. The molecule has 4 nitrogen and oxygen atoms in total. The molecule has 2 aromatic carbocycles. The van der Waals surface area contributed by atoms with Gasteiger partial charge in [0.1, 0.15) is 5.75 Å². The fourth-order valence-corrected chi connectivity index (χ4v) is 2.18. The quantitative estimate of drug-likeness (QED) is 0.294. The molecule has 0 fully saturated rings. The number of rotatable bonds is 5. The van der Waals surface area contributed by atoms with Crippen LogP contribution in [-0.4, -0.2) is 11.8 Å². The van der Waals surface area contributed by atoms with Gasteiger partial charge in [0.15, 0.2) is 5.78 Å². The van der Waals surface area contributed by atoms with Crippen LogP contribution >= 0.6 is 0 Å².